The Morgan fingerprint density at radius 1 is 0.871 bits per heavy atom. The molecule has 3 aromatic rings. The minimum Gasteiger partial charge on any atom is -0.378 e. The van der Waals surface area contributed by atoms with Gasteiger partial charge in [0.2, 0.25) is 0 Å². The Kier molecular flexibility index (Phi) is 5.61. The highest BCUT2D eigenvalue weighted by atomic mass is 35.5. The maximum atomic E-state index is 13.2. The van der Waals surface area contributed by atoms with Gasteiger partial charge >= 0.3 is 0 Å². The molecule has 1 amide bonds. The highest BCUT2D eigenvalue weighted by Gasteiger charge is 2.23. The molecule has 2 fully saturated rings. The Labute approximate surface area is 186 Å². The number of amides is 1. The van der Waals surface area contributed by atoms with Crippen LogP contribution in [0.4, 0.5) is 11.5 Å². The minimum atomic E-state index is 0.0504. The van der Waals surface area contributed by atoms with Crippen molar-refractivity contribution in [3.8, 4) is 0 Å². The molecule has 0 aliphatic carbocycles. The summed E-state index contributed by atoms with van der Waals surface area (Å²) in [5, 5.41) is 1.64. The van der Waals surface area contributed by atoms with Gasteiger partial charge in [-0.15, -0.1) is 0 Å². The molecular formula is C23H24ClN5O2. The normalized spacial score (nSPS) is 17.3. The van der Waals surface area contributed by atoms with Crippen molar-refractivity contribution in [3.63, 3.8) is 0 Å². The number of aromatic nitrogens is 2. The van der Waals surface area contributed by atoms with Crippen molar-refractivity contribution in [1.82, 2.24) is 14.9 Å². The van der Waals surface area contributed by atoms with Crippen molar-refractivity contribution < 1.29 is 9.53 Å². The number of halogens is 1. The summed E-state index contributed by atoms with van der Waals surface area (Å²) in [7, 11) is 0. The SMILES string of the molecule is O=C(c1ccc2ncnc(N3CCOCC3)c2c1)N1CCN(c2ccc(Cl)cc2)CC1. The molecule has 0 spiro atoms. The van der Waals surface area contributed by atoms with Crippen LogP contribution in [-0.4, -0.2) is 73.3 Å². The zero-order chi connectivity index (χ0) is 21.2. The quantitative estimate of drug-likeness (QED) is 0.627. The first-order valence-electron chi connectivity index (χ1n) is 10.6. The predicted octanol–water partition coefficient (Wildman–Crippen LogP) is 3.08. The third-order valence-corrected chi connectivity index (χ3v) is 6.18. The van der Waals surface area contributed by atoms with E-state index < -0.39 is 0 Å². The Morgan fingerprint density at radius 2 is 1.61 bits per heavy atom. The van der Waals surface area contributed by atoms with E-state index in [-0.39, 0.29) is 5.91 Å². The van der Waals surface area contributed by atoms with Crippen LogP contribution in [0, 0.1) is 0 Å². The first-order chi connectivity index (χ1) is 15.2. The largest absolute Gasteiger partial charge is 0.378 e. The van der Waals surface area contributed by atoms with Gasteiger partial charge in [-0.1, -0.05) is 11.6 Å². The molecule has 0 unspecified atom stereocenters. The first kappa shape index (κ1) is 20.0. The Hall–Kier alpha value is -2.90. The van der Waals surface area contributed by atoms with E-state index in [9.17, 15) is 4.79 Å². The average Bonchev–Trinajstić information content (AvgIpc) is 2.84. The summed E-state index contributed by atoms with van der Waals surface area (Å²) in [6.07, 6.45) is 1.59. The second kappa shape index (κ2) is 8.69. The number of carbonyl (C=O) groups excluding carboxylic acids is 1. The van der Waals surface area contributed by atoms with Gasteiger partial charge in [-0.25, -0.2) is 9.97 Å². The van der Waals surface area contributed by atoms with Gasteiger partial charge in [0.05, 0.1) is 18.7 Å². The number of morpholine rings is 1. The van der Waals surface area contributed by atoms with E-state index >= 15 is 0 Å². The Balaban J connectivity index is 1.33. The lowest BCUT2D eigenvalue weighted by Gasteiger charge is -2.36. The van der Waals surface area contributed by atoms with Gasteiger partial charge in [0.1, 0.15) is 12.1 Å². The smallest absolute Gasteiger partial charge is 0.254 e. The van der Waals surface area contributed by atoms with Crippen molar-refractivity contribution in [2.45, 2.75) is 0 Å². The number of fused-ring (bicyclic) bond motifs is 1. The van der Waals surface area contributed by atoms with Crippen LogP contribution in [0.15, 0.2) is 48.8 Å². The summed E-state index contributed by atoms with van der Waals surface area (Å²) in [5.41, 5.74) is 2.66. The zero-order valence-electron chi connectivity index (χ0n) is 17.2. The van der Waals surface area contributed by atoms with Crippen LogP contribution in [-0.2, 0) is 4.74 Å². The van der Waals surface area contributed by atoms with E-state index in [0.717, 1.165) is 53.6 Å². The number of carbonyl (C=O) groups is 1. The zero-order valence-corrected chi connectivity index (χ0v) is 18.0. The van der Waals surface area contributed by atoms with Crippen LogP contribution in [0.2, 0.25) is 5.02 Å². The molecule has 0 bridgehead atoms. The average molecular weight is 438 g/mol. The molecule has 2 saturated heterocycles. The van der Waals surface area contributed by atoms with Gasteiger partial charge in [-0.3, -0.25) is 4.79 Å². The minimum absolute atomic E-state index is 0.0504. The standard InChI is InChI=1S/C23H24ClN5O2/c24-18-2-4-19(5-3-18)27-7-9-29(10-8-27)23(30)17-1-6-21-20(15-17)22(26-16-25-21)28-11-13-31-14-12-28/h1-6,15-16H,7-14H2. The summed E-state index contributed by atoms with van der Waals surface area (Å²) in [4.78, 5) is 28.5. The molecule has 8 heteroatoms. The van der Waals surface area contributed by atoms with Crippen LogP contribution in [0.1, 0.15) is 10.4 Å². The number of hydrogen-bond acceptors (Lipinski definition) is 6. The molecule has 5 rings (SSSR count). The van der Waals surface area contributed by atoms with E-state index in [4.69, 9.17) is 16.3 Å². The summed E-state index contributed by atoms with van der Waals surface area (Å²) in [6.45, 7) is 5.90. The second-order valence-electron chi connectivity index (χ2n) is 7.78. The van der Waals surface area contributed by atoms with Crippen LogP contribution in [0.5, 0.6) is 0 Å². The molecule has 0 N–H and O–H groups in total. The molecule has 31 heavy (non-hydrogen) atoms. The van der Waals surface area contributed by atoms with Gasteiger partial charge < -0.3 is 19.4 Å². The molecule has 0 atom stereocenters. The van der Waals surface area contributed by atoms with Gasteiger partial charge in [-0.05, 0) is 42.5 Å². The fourth-order valence-corrected chi connectivity index (χ4v) is 4.33. The molecule has 2 aromatic carbocycles. The van der Waals surface area contributed by atoms with Gasteiger partial charge in [-0.2, -0.15) is 0 Å². The lowest BCUT2D eigenvalue weighted by Crippen LogP contribution is -2.48. The number of piperazine rings is 1. The summed E-state index contributed by atoms with van der Waals surface area (Å²) >= 11 is 6.00. The monoisotopic (exact) mass is 437 g/mol. The molecule has 160 valence electrons. The summed E-state index contributed by atoms with van der Waals surface area (Å²) < 4.78 is 5.46. The van der Waals surface area contributed by atoms with E-state index in [1.54, 1.807) is 6.33 Å². The predicted molar refractivity (Wildman–Crippen MR) is 122 cm³/mol. The van der Waals surface area contributed by atoms with E-state index in [1.807, 2.05) is 47.4 Å². The topological polar surface area (TPSA) is 61.8 Å². The van der Waals surface area contributed by atoms with Crippen molar-refractivity contribution in [1.29, 1.82) is 0 Å². The highest BCUT2D eigenvalue weighted by molar-refractivity contribution is 6.30. The maximum Gasteiger partial charge on any atom is 0.254 e. The fraction of sp³-hybridized carbons (Fsp3) is 0.348. The lowest BCUT2D eigenvalue weighted by molar-refractivity contribution is 0.0747. The number of rotatable bonds is 3. The fourth-order valence-electron chi connectivity index (χ4n) is 4.21. The van der Waals surface area contributed by atoms with Crippen LogP contribution < -0.4 is 9.80 Å². The molecular weight excluding hydrogens is 414 g/mol. The molecule has 0 radical (unpaired) electrons. The Bertz CT molecular complexity index is 1080. The lowest BCUT2D eigenvalue weighted by atomic mass is 10.1. The van der Waals surface area contributed by atoms with E-state index in [2.05, 4.69) is 19.8 Å². The number of nitrogens with zero attached hydrogens (tertiary/aromatic N) is 5. The van der Waals surface area contributed by atoms with Crippen molar-refractivity contribution in [2.24, 2.45) is 0 Å². The summed E-state index contributed by atoms with van der Waals surface area (Å²) in [5.74, 6) is 0.921. The number of anilines is 2. The molecule has 1 aromatic heterocycles. The second-order valence-corrected chi connectivity index (χ2v) is 8.22. The molecule has 2 aliphatic rings. The van der Waals surface area contributed by atoms with Crippen LogP contribution in [0.25, 0.3) is 10.9 Å². The Morgan fingerprint density at radius 3 is 2.35 bits per heavy atom. The molecule has 0 saturated carbocycles. The van der Waals surface area contributed by atoms with Gasteiger partial charge in [0, 0.05) is 60.9 Å². The molecule has 7 nitrogen and oxygen atoms in total. The van der Waals surface area contributed by atoms with Gasteiger partial charge in [0.25, 0.3) is 5.91 Å². The maximum absolute atomic E-state index is 13.2. The number of benzene rings is 2. The third-order valence-electron chi connectivity index (χ3n) is 5.93. The van der Waals surface area contributed by atoms with E-state index in [1.165, 1.54) is 0 Å². The third kappa shape index (κ3) is 4.16. The molecule has 2 aliphatic heterocycles. The summed E-state index contributed by atoms with van der Waals surface area (Å²) in [6, 6.07) is 13.6. The highest BCUT2D eigenvalue weighted by Crippen LogP contribution is 2.26. The van der Waals surface area contributed by atoms with Gasteiger partial charge in [0.15, 0.2) is 0 Å². The van der Waals surface area contributed by atoms with E-state index in [0.29, 0.717) is 31.9 Å². The van der Waals surface area contributed by atoms with Crippen LogP contribution >= 0.6 is 11.6 Å². The van der Waals surface area contributed by atoms with Crippen molar-refractivity contribution in [3.05, 3.63) is 59.4 Å². The first-order valence-corrected chi connectivity index (χ1v) is 10.9. The number of ether oxygens (including phenoxy) is 1. The van der Waals surface area contributed by atoms with Crippen LogP contribution in [0.3, 0.4) is 0 Å². The molecule has 3 heterocycles. The number of hydrogen-bond donors (Lipinski definition) is 0. The van der Waals surface area contributed by atoms with Crippen molar-refractivity contribution >= 4 is 39.9 Å². The van der Waals surface area contributed by atoms with Crippen molar-refractivity contribution in [2.75, 3.05) is 62.3 Å².